The molecule has 0 heterocycles. The van der Waals surface area contributed by atoms with Crippen molar-refractivity contribution in [1.82, 2.24) is 0 Å². The number of ether oxygens (including phenoxy) is 1. The predicted molar refractivity (Wildman–Crippen MR) is 76.8 cm³/mol. The Balaban J connectivity index is 2.44. The average Bonchev–Trinajstić information content (AvgIpc) is 2.41. The van der Waals surface area contributed by atoms with Crippen LogP contribution in [0, 0.1) is 12.7 Å². The highest BCUT2D eigenvalue weighted by atomic mass is 35.5. The Hall–Kier alpha value is -1.25. The van der Waals surface area contributed by atoms with Gasteiger partial charge in [0.1, 0.15) is 11.6 Å². The smallest absolute Gasteiger partial charge is 0.131 e. The van der Waals surface area contributed by atoms with Gasteiger partial charge in [-0.2, -0.15) is 0 Å². The highest BCUT2D eigenvalue weighted by molar-refractivity contribution is 6.31. The molecule has 0 saturated carbocycles. The fourth-order valence-corrected chi connectivity index (χ4v) is 2.50. The topological polar surface area (TPSA) is 9.23 Å². The highest BCUT2D eigenvalue weighted by Crippen LogP contribution is 2.35. The number of halogens is 3. The summed E-state index contributed by atoms with van der Waals surface area (Å²) in [7, 11) is 1.49. The molecule has 0 aromatic heterocycles. The van der Waals surface area contributed by atoms with Crippen molar-refractivity contribution in [2.75, 3.05) is 7.11 Å². The van der Waals surface area contributed by atoms with Gasteiger partial charge in [0.25, 0.3) is 0 Å². The molecule has 0 bridgehead atoms. The Morgan fingerprint density at radius 3 is 2.53 bits per heavy atom. The van der Waals surface area contributed by atoms with Gasteiger partial charge >= 0.3 is 0 Å². The summed E-state index contributed by atoms with van der Waals surface area (Å²) in [5.74, 6) is 0.0756. The minimum atomic E-state index is -0.579. The molecule has 1 nitrogen and oxygen atoms in total. The fourth-order valence-electron chi connectivity index (χ4n) is 1.91. The Morgan fingerprint density at radius 2 is 1.89 bits per heavy atom. The van der Waals surface area contributed by atoms with Gasteiger partial charge in [0.15, 0.2) is 0 Å². The van der Waals surface area contributed by atoms with Crippen molar-refractivity contribution in [1.29, 1.82) is 0 Å². The minimum absolute atomic E-state index is 0.390. The van der Waals surface area contributed by atoms with Crippen molar-refractivity contribution in [2.45, 2.75) is 12.3 Å². The number of benzene rings is 2. The Bertz CT molecular complexity index is 599. The van der Waals surface area contributed by atoms with Crippen LogP contribution in [0.3, 0.4) is 0 Å². The van der Waals surface area contributed by atoms with E-state index >= 15 is 0 Å². The van der Waals surface area contributed by atoms with E-state index in [0.29, 0.717) is 16.3 Å². The molecule has 2 aromatic rings. The van der Waals surface area contributed by atoms with Crippen molar-refractivity contribution < 1.29 is 9.13 Å². The van der Waals surface area contributed by atoms with Gasteiger partial charge in [0.05, 0.1) is 12.5 Å². The second-order valence-electron chi connectivity index (χ2n) is 4.20. The Labute approximate surface area is 121 Å². The van der Waals surface area contributed by atoms with E-state index in [4.69, 9.17) is 27.9 Å². The Morgan fingerprint density at radius 1 is 1.16 bits per heavy atom. The van der Waals surface area contributed by atoms with Gasteiger partial charge in [0.2, 0.25) is 0 Å². The molecule has 19 heavy (non-hydrogen) atoms. The standard InChI is InChI=1S/C15H13Cl2FO/c1-9-11(4-3-5-13(9)16)15(17)12-7-6-10(19-2)8-14(12)18/h3-8,15H,1-2H3. The molecule has 0 aliphatic rings. The van der Waals surface area contributed by atoms with Crippen LogP contribution in [0.1, 0.15) is 22.1 Å². The molecule has 0 N–H and O–H groups in total. The van der Waals surface area contributed by atoms with Gasteiger partial charge < -0.3 is 4.74 Å². The molecule has 0 radical (unpaired) electrons. The zero-order chi connectivity index (χ0) is 14.0. The summed E-state index contributed by atoms with van der Waals surface area (Å²) in [6.07, 6.45) is 0. The molecule has 0 aliphatic heterocycles. The van der Waals surface area contributed by atoms with Gasteiger partial charge in [-0.3, -0.25) is 0 Å². The predicted octanol–water partition coefficient (Wildman–Crippen LogP) is 5.12. The molecule has 4 heteroatoms. The number of methoxy groups -OCH3 is 1. The largest absolute Gasteiger partial charge is 0.497 e. The van der Waals surface area contributed by atoms with E-state index in [2.05, 4.69) is 0 Å². The van der Waals surface area contributed by atoms with Crippen molar-refractivity contribution in [3.05, 3.63) is 63.9 Å². The SMILES string of the molecule is COc1ccc(C(Cl)c2cccc(Cl)c2C)c(F)c1. The number of alkyl halides is 1. The molecule has 0 fully saturated rings. The molecular formula is C15H13Cl2FO. The number of hydrogen-bond donors (Lipinski definition) is 0. The monoisotopic (exact) mass is 298 g/mol. The maximum atomic E-state index is 14.0. The van der Waals surface area contributed by atoms with Crippen LogP contribution < -0.4 is 4.74 Å². The van der Waals surface area contributed by atoms with Crippen molar-refractivity contribution in [2.24, 2.45) is 0 Å². The van der Waals surface area contributed by atoms with Crippen LogP contribution >= 0.6 is 23.2 Å². The molecule has 100 valence electrons. The average molecular weight is 299 g/mol. The van der Waals surface area contributed by atoms with Gasteiger partial charge in [-0.15, -0.1) is 11.6 Å². The summed E-state index contributed by atoms with van der Waals surface area (Å²) in [6.45, 7) is 1.87. The van der Waals surface area contributed by atoms with Crippen LogP contribution in [-0.2, 0) is 0 Å². The molecule has 0 spiro atoms. The zero-order valence-corrected chi connectivity index (χ0v) is 12.1. The minimum Gasteiger partial charge on any atom is -0.497 e. The van der Waals surface area contributed by atoms with Crippen molar-refractivity contribution in [3.63, 3.8) is 0 Å². The highest BCUT2D eigenvalue weighted by Gasteiger charge is 2.18. The third-order valence-corrected chi connectivity index (χ3v) is 3.94. The lowest BCUT2D eigenvalue weighted by Crippen LogP contribution is -2.00. The van der Waals surface area contributed by atoms with Gasteiger partial charge in [-0.25, -0.2) is 4.39 Å². The quantitative estimate of drug-likeness (QED) is 0.714. The summed E-state index contributed by atoms with van der Waals surface area (Å²) >= 11 is 12.4. The zero-order valence-electron chi connectivity index (χ0n) is 10.6. The first-order valence-electron chi connectivity index (χ1n) is 5.77. The second-order valence-corrected chi connectivity index (χ2v) is 5.05. The first-order valence-corrected chi connectivity index (χ1v) is 6.58. The van der Waals surface area contributed by atoms with E-state index in [1.165, 1.54) is 13.2 Å². The molecule has 1 unspecified atom stereocenters. The lowest BCUT2D eigenvalue weighted by molar-refractivity contribution is 0.410. The second kappa shape index (κ2) is 5.81. The summed E-state index contributed by atoms with van der Waals surface area (Å²) in [5.41, 5.74) is 2.07. The van der Waals surface area contributed by atoms with E-state index in [0.717, 1.165) is 11.1 Å². The molecule has 0 amide bonds. The Kier molecular flexibility index (Phi) is 4.33. The van der Waals surface area contributed by atoms with Gasteiger partial charge in [-0.1, -0.05) is 29.8 Å². The third-order valence-electron chi connectivity index (χ3n) is 3.06. The van der Waals surface area contributed by atoms with Crippen LogP contribution in [0.25, 0.3) is 0 Å². The lowest BCUT2D eigenvalue weighted by Gasteiger charge is -2.15. The van der Waals surface area contributed by atoms with E-state index in [1.807, 2.05) is 19.1 Å². The van der Waals surface area contributed by atoms with Crippen LogP contribution in [0.4, 0.5) is 4.39 Å². The van der Waals surface area contributed by atoms with Crippen LogP contribution in [0.2, 0.25) is 5.02 Å². The number of hydrogen-bond acceptors (Lipinski definition) is 1. The van der Waals surface area contributed by atoms with Crippen LogP contribution in [0.15, 0.2) is 36.4 Å². The van der Waals surface area contributed by atoms with E-state index in [-0.39, 0.29) is 0 Å². The van der Waals surface area contributed by atoms with E-state index in [9.17, 15) is 4.39 Å². The van der Waals surface area contributed by atoms with Crippen molar-refractivity contribution in [3.8, 4) is 5.75 Å². The molecular weight excluding hydrogens is 286 g/mol. The van der Waals surface area contributed by atoms with E-state index in [1.54, 1.807) is 18.2 Å². The van der Waals surface area contributed by atoms with Gasteiger partial charge in [-0.05, 0) is 30.2 Å². The maximum Gasteiger partial charge on any atom is 0.131 e. The molecule has 2 rings (SSSR count). The van der Waals surface area contributed by atoms with E-state index < -0.39 is 11.2 Å². The first kappa shape index (κ1) is 14.2. The summed E-state index contributed by atoms with van der Waals surface area (Å²) in [4.78, 5) is 0. The van der Waals surface area contributed by atoms with Crippen LogP contribution in [0.5, 0.6) is 5.75 Å². The molecule has 0 saturated heterocycles. The summed E-state index contributed by atoms with van der Waals surface area (Å²) in [6, 6.07) is 10.1. The first-order chi connectivity index (χ1) is 9.04. The maximum absolute atomic E-state index is 14.0. The molecule has 1 atom stereocenters. The summed E-state index contributed by atoms with van der Waals surface area (Å²) in [5, 5.41) is 0.0432. The summed E-state index contributed by atoms with van der Waals surface area (Å²) < 4.78 is 19.0. The van der Waals surface area contributed by atoms with Crippen LogP contribution in [-0.4, -0.2) is 7.11 Å². The molecule has 0 aliphatic carbocycles. The third kappa shape index (κ3) is 2.85. The lowest BCUT2D eigenvalue weighted by atomic mass is 9.99. The normalized spacial score (nSPS) is 12.3. The number of rotatable bonds is 3. The van der Waals surface area contributed by atoms with Crippen molar-refractivity contribution >= 4 is 23.2 Å². The fraction of sp³-hybridized carbons (Fsp3) is 0.200. The van der Waals surface area contributed by atoms with Gasteiger partial charge in [0, 0.05) is 16.7 Å². The molecule has 2 aromatic carbocycles.